The van der Waals surface area contributed by atoms with E-state index in [1.165, 1.54) is 0 Å². The highest BCUT2D eigenvalue weighted by molar-refractivity contribution is 6.05. The van der Waals surface area contributed by atoms with E-state index < -0.39 is 0 Å². The Labute approximate surface area is 172 Å². The van der Waals surface area contributed by atoms with Crippen LogP contribution in [0.15, 0.2) is 30.3 Å². The smallest absolute Gasteiger partial charge is 0.255 e. The van der Waals surface area contributed by atoms with Gasteiger partial charge >= 0.3 is 0 Å². The predicted octanol–water partition coefficient (Wildman–Crippen LogP) is 4.85. The highest BCUT2D eigenvalue weighted by Gasteiger charge is 2.23. The Kier molecular flexibility index (Phi) is 6.86. The summed E-state index contributed by atoms with van der Waals surface area (Å²) in [7, 11) is 0. The third-order valence-corrected chi connectivity index (χ3v) is 4.51. The fourth-order valence-corrected chi connectivity index (χ4v) is 3.26. The first-order chi connectivity index (χ1) is 14.0. The summed E-state index contributed by atoms with van der Waals surface area (Å²) in [6.45, 7) is 9.47. The van der Waals surface area contributed by atoms with Crippen LogP contribution in [0.2, 0.25) is 0 Å². The fraction of sp³-hybridized carbons (Fsp3) is 0.435. The van der Waals surface area contributed by atoms with E-state index in [0.717, 1.165) is 24.2 Å². The van der Waals surface area contributed by atoms with Crippen LogP contribution in [-0.4, -0.2) is 31.8 Å². The second-order valence-electron chi connectivity index (χ2n) is 6.92. The van der Waals surface area contributed by atoms with Crippen LogP contribution in [0.1, 0.15) is 50.0 Å². The van der Waals surface area contributed by atoms with Crippen LogP contribution < -0.4 is 24.3 Å². The van der Waals surface area contributed by atoms with Crippen LogP contribution in [0.5, 0.6) is 23.0 Å². The van der Waals surface area contributed by atoms with Crippen molar-refractivity contribution >= 4 is 11.6 Å². The van der Waals surface area contributed by atoms with Crippen LogP contribution in [0, 0.1) is 0 Å². The van der Waals surface area contributed by atoms with Gasteiger partial charge in [0.2, 0.25) is 0 Å². The molecule has 29 heavy (non-hydrogen) atoms. The zero-order chi connectivity index (χ0) is 20.8. The van der Waals surface area contributed by atoms with Crippen molar-refractivity contribution in [2.45, 2.75) is 46.6 Å². The molecule has 0 saturated carbocycles. The molecule has 6 heteroatoms. The third-order valence-electron chi connectivity index (χ3n) is 4.51. The van der Waals surface area contributed by atoms with E-state index in [1.54, 1.807) is 18.2 Å². The predicted molar refractivity (Wildman–Crippen MR) is 113 cm³/mol. The average molecular weight is 399 g/mol. The van der Waals surface area contributed by atoms with E-state index in [9.17, 15) is 4.79 Å². The minimum atomic E-state index is -0.250. The molecule has 1 heterocycles. The molecule has 1 atom stereocenters. The number of benzene rings is 2. The summed E-state index contributed by atoms with van der Waals surface area (Å²) < 4.78 is 22.9. The minimum Gasteiger partial charge on any atom is -0.492 e. The van der Waals surface area contributed by atoms with Crippen LogP contribution in [0.4, 0.5) is 5.69 Å². The molecule has 1 aliphatic rings. The second-order valence-corrected chi connectivity index (χ2v) is 6.92. The molecular formula is C23H29NO5. The lowest BCUT2D eigenvalue weighted by Crippen LogP contribution is -2.14. The number of rotatable bonds is 9. The summed E-state index contributed by atoms with van der Waals surface area (Å²) in [5, 5.41) is 2.95. The summed E-state index contributed by atoms with van der Waals surface area (Å²) in [5.41, 5.74) is 2.17. The molecule has 0 fully saturated rings. The van der Waals surface area contributed by atoms with Crippen LogP contribution in [0.3, 0.4) is 0 Å². The zero-order valence-corrected chi connectivity index (χ0v) is 17.5. The molecule has 1 amide bonds. The van der Waals surface area contributed by atoms with Crippen molar-refractivity contribution in [1.29, 1.82) is 0 Å². The standard InChI is InChI=1S/C23H29NO5/c1-5-10-28-19-9-8-16(12-22(19)27-7-3)23(25)24-18-14-20-17(11-15(4)29-20)13-21(18)26-6-2/h8-9,12-15H,5-7,10-11H2,1-4H3,(H,24,25). The first-order valence-corrected chi connectivity index (χ1v) is 10.2. The number of ether oxygens (including phenoxy) is 4. The van der Waals surface area contributed by atoms with Crippen molar-refractivity contribution in [2.24, 2.45) is 0 Å². The molecule has 0 aromatic heterocycles. The van der Waals surface area contributed by atoms with Crippen LogP contribution in [-0.2, 0) is 6.42 Å². The largest absolute Gasteiger partial charge is 0.492 e. The van der Waals surface area contributed by atoms with E-state index in [4.69, 9.17) is 18.9 Å². The molecule has 0 spiro atoms. The van der Waals surface area contributed by atoms with Gasteiger partial charge in [0, 0.05) is 23.6 Å². The van der Waals surface area contributed by atoms with Gasteiger partial charge in [0.1, 0.15) is 17.6 Å². The van der Waals surface area contributed by atoms with E-state index in [0.29, 0.717) is 48.3 Å². The SMILES string of the molecule is CCCOc1ccc(C(=O)Nc2cc3c(cc2OCC)CC(C)O3)cc1OCC. The molecular weight excluding hydrogens is 370 g/mol. The maximum Gasteiger partial charge on any atom is 0.255 e. The maximum absolute atomic E-state index is 12.9. The lowest BCUT2D eigenvalue weighted by atomic mass is 10.1. The van der Waals surface area contributed by atoms with Crippen molar-refractivity contribution < 1.29 is 23.7 Å². The summed E-state index contributed by atoms with van der Waals surface area (Å²) in [5.74, 6) is 2.38. The van der Waals surface area contributed by atoms with Crippen molar-refractivity contribution in [1.82, 2.24) is 0 Å². The van der Waals surface area contributed by atoms with E-state index in [-0.39, 0.29) is 12.0 Å². The number of fused-ring (bicyclic) bond motifs is 1. The number of carbonyl (C=O) groups is 1. The Morgan fingerprint density at radius 3 is 2.52 bits per heavy atom. The molecule has 0 aliphatic carbocycles. The molecule has 0 radical (unpaired) electrons. The Morgan fingerprint density at radius 1 is 1.03 bits per heavy atom. The van der Waals surface area contributed by atoms with Gasteiger partial charge in [-0.3, -0.25) is 4.79 Å². The first-order valence-electron chi connectivity index (χ1n) is 10.2. The van der Waals surface area contributed by atoms with Crippen molar-refractivity contribution in [3.63, 3.8) is 0 Å². The van der Waals surface area contributed by atoms with Crippen LogP contribution >= 0.6 is 0 Å². The van der Waals surface area contributed by atoms with Gasteiger partial charge in [0.25, 0.3) is 5.91 Å². The normalized spacial score (nSPS) is 14.7. The minimum absolute atomic E-state index is 0.120. The lowest BCUT2D eigenvalue weighted by molar-refractivity contribution is 0.102. The van der Waals surface area contributed by atoms with Gasteiger partial charge in [-0.2, -0.15) is 0 Å². The van der Waals surface area contributed by atoms with Gasteiger partial charge in [-0.05, 0) is 51.5 Å². The molecule has 1 N–H and O–H groups in total. The fourth-order valence-electron chi connectivity index (χ4n) is 3.26. The van der Waals surface area contributed by atoms with E-state index >= 15 is 0 Å². The number of hydrogen-bond acceptors (Lipinski definition) is 5. The number of nitrogens with one attached hydrogen (secondary N) is 1. The Hall–Kier alpha value is -2.89. The van der Waals surface area contributed by atoms with E-state index in [2.05, 4.69) is 5.32 Å². The molecule has 2 aromatic rings. The summed E-state index contributed by atoms with van der Waals surface area (Å²) in [4.78, 5) is 12.9. The van der Waals surface area contributed by atoms with Gasteiger partial charge in [-0.25, -0.2) is 0 Å². The molecule has 0 bridgehead atoms. The zero-order valence-electron chi connectivity index (χ0n) is 17.5. The van der Waals surface area contributed by atoms with Crippen LogP contribution in [0.25, 0.3) is 0 Å². The molecule has 2 aromatic carbocycles. The highest BCUT2D eigenvalue weighted by Crippen LogP contribution is 2.38. The van der Waals surface area contributed by atoms with Crippen molar-refractivity contribution in [3.05, 3.63) is 41.5 Å². The molecule has 1 unspecified atom stereocenters. The third kappa shape index (κ3) is 4.94. The topological polar surface area (TPSA) is 66.0 Å². The summed E-state index contributed by atoms with van der Waals surface area (Å²) in [6.07, 6.45) is 1.85. The number of amides is 1. The molecule has 156 valence electrons. The quantitative estimate of drug-likeness (QED) is 0.653. The molecule has 1 aliphatic heterocycles. The Bertz CT molecular complexity index is 865. The van der Waals surface area contributed by atoms with Gasteiger partial charge < -0.3 is 24.3 Å². The number of hydrogen-bond donors (Lipinski definition) is 1. The van der Waals surface area contributed by atoms with Gasteiger partial charge in [-0.1, -0.05) is 6.92 Å². The Balaban J connectivity index is 1.84. The molecule has 0 saturated heterocycles. The lowest BCUT2D eigenvalue weighted by Gasteiger charge is -2.15. The number of anilines is 1. The highest BCUT2D eigenvalue weighted by atomic mass is 16.5. The number of carbonyl (C=O) groups excluding carboxylic acids is 1. The second kappa shape index (κ2) is 9.54. The molecule has 3 rings (SSSR count). The average Bonchev–Trinajstić information content (AvgIpc) is 3.06. The summed E-state index contributed by atoms with van der Waals surface area (Å²) in [6, 6.07) is 8.99. The van der Waals surface area contributed by atoms with Crippen molar-refractivity contribution in [3.8, 4) is 23.0 Å². The van der Waals surface area contributed by atoms with Gasteiger partial charge in [0.05, 0.1) is 25.5 Å². The first kappa shape index (κ1) is 20.8. The monoisotopic (exact) mass is 399 g/mol. The Morgan fingerprint density at radius 2 is 1.79 bits per heavy atom. The van der Waals surface area contributed by atoms with Gasteiger partial charge in [-0.15, -0.1) is 0 Å². The maximum atomic E-state index is 12.9. The molecule has 6 nitrogen and oxygen atoms in total. The van der Waals surface area contributed by atoms with Crippen molar-refractivity contribution in [2.75, 3.05) is 25.1 Å². The van der Waals surface area contributed by atoms with E-state index in [1.807, 2.05) is 39.8 Å². The summed E-state index contributed by atoms with van der Waals surface area (Å²) >= 11 is 0. The van der Waals surface area contributed by atoms with Gasteiger partial charge in [0.15, 0.2) is 11.5 Å².